The third-order valence-corrected chi connectivity index (χ3v) is 4.62. The fourth-order valence-electron chi connectivity index (χ4n) is 2.88. The lowest BCUT2D eigenvalue weighted by atomic mass is 9.96. The molecule has 0 bridgehead atoms. The van der Waals surface area contributed by atoms with Crippen molar-refractivity contribution in [3.05, 3.63) is 11.2 Å². The number of hydrogen-bond donors (Lipinski definition) is 2. The molecular formula is C15H26ClN5. The van der Waals surface area contributed by atoms with Gasteiger partial charge in [-0.2, -0.15) is 4.98 Å². The number of halogens is 1. The lowest BCUT2D eigenvalue weighted by molar-refractivity contribution is 0.172. The molecule has 1 aromatic heterocycles. The Balaban J connectivity index is 2.04. The summed E-state index contributed by atoms with van der Waals surface area (Å²) < 4.78 is 0. The summed E-state index contributed by atoms with van der Waals surface area (Å²) in [5.41, 5.74) is 0.214. The van der Waals surface area contributed by atoms with Gasteiger partial charge >= 0.3 is 0 Å². The molecule has 2 rings (SSSR count). The monoisotopic (exact) mass is 311 g/mol. The third-order valence-electron chi connectivity index (χ3n) is 4.35. The first kappa shape index (κ1) is 16.3. The largest absolute Gasteiger partial charge is 0.367 e. The second-order valence-corrected chi connectivity index (χ2v) is 6.40. The van der Waals surface area contributed by atoms with Crippen LogP contribution in [-0.2, 0) is 0 Å². The number of aromatic nitrogens is 2. The van der Waals surface area contributed by atoms with Crippen molar-refractivity contribution < 1.29 is 0 Å². The molecule has 1 aliphatic rings. The van der Waals surface area contributed by atoms with Crippen LogP contribution in [0.4, 0.5) is 11.8 Å². The van der Waals surface area contributed by atoms with Crippen LogP contribution in [0, 0.1) is 0 Å². The van der Waals surface area contributed by atoms with Crippen LogP contribution >= 0.6 is 11.6 Å². The Morgan fingerprint density at radius 3 is 2.62 bits per heavy atom. The van der Waals surface area contributed by atoms with E-state index in [-0.39, 0.29) is 5.54 Å². The van der Waals surface area contributed by atoms with Gasteiger partial charge in [0.05, 0.1) is 6.20 Å². The van der Waals surface area contributed by atoms with Crippen LogP contribution in [-0.4, -0.2) is 47.6 Å². The van der Waals surface area contributed by atoms with Crippen LogP contribution in [0.25, 0.3) is 0 Å². The number of anilines is 2. The minimum Gasteiger partial charge on any atom is -0.367 e. The first-order chi connectivity index (χ1) is 10.1. The van der Waals surface area contributed by atoms with E-state index in [2.05, 4.69) is 46.5 Å². The Hall–Kier alpha value is -1.07. The van der Waals surface area contributed by atoms with Gasteiger partial charge in [-0.3, -0.25) is 0 Å². The topological polar surface area (TPSA) is 53.1 Å². The predicted molar refractivity (Wildman–Crippen MR) is 89.2 cm³/mol. The Morgan fingerprint density at radius 1 is 1.29 bits per heavy atom. The van der Waals surface area contributed by atoms with Gasteiger partial charge in [-0.1, -0.05) is 31.4 Å². The molecule has 0 aliphatic heterocycles. The number of rotatable bonds is 7. The minimum absolute atomic E-state index is 0.214. The average molecular weight is 312 g/mol. The molecule has 0 unspecified atom stereocenters. The summed E-state index contributed by atoms with van der Waals surface area (Å²) in [6.45, 7) is 3.84. The number of nitrogens with zero attached hydrogens (tertiary/aromatic N) is 3. The van der Waals surface area contributed by atoms with Gasteiger partial charge in [0.2, 0.25) is 5.95 Å². The second kappa shape index (κ2) is 7.27. The third kappa shape index (κ3) is 3.98. The summed E-state index contributed by atoms with van der Waals surface area (Å²) in [6, 6.07) is 0. The Labute approximate surface area is 132 Å². The molecule has 21 heavy (non-hydrogen) atoms. The van der Waals surface area contributed by atoms with Crippen molar-refractivity contribution in [3.8, 4) is 0 Å². The SMILES string of the molecule is CCCNc1ncc(Cl)c(NCC2(N(C)C)CCCC2)n1. The highest BCUT2D eigenvalue weighted by molar-refractivity contribution is 6.32. The number of hydrogen-bond acceptors (Lipinski definition) is 5. The van der Waals surface area contributed by atoms with E-state index in [1.807, 2.05) is 0 Å². The molecule has 0 saturated heterocycles. The molecule has 0 aromatic carbocycles. The lowest BCUT2D eigenvalue weighted by Gasteiger charge is -2.36. The molecule has 0 radical (unpaired) electrons. The van der Waals surface area contributed by atoms with Crippen molar-refractivity contribution in [1.82, 2.24) is 14.9 Å². The van der Waals surface area contributed by atoms with E-state index in [1.165, 1.54) is 25.7 Å². The zero-order valence-electron chi connectivity index (χ0n) is 13.2. The van der Waals surface area contributed by atoms with Crippen LogP contribution in [0.15, 0.2) is 6.20 Å². The van der Waals surface area contributed by atoms with Gasteiger partial charge in [-0.15, -0.1) is 0 Å². The maximum atomic E-state index is 6.21. The van der Waals surface area contributed by atoms with Crippen molar-refractivity contribution in [2.24, 2.45) is 0 Å². The van der Waals surface area contributed by atoms with Crippen LogP contribution in [0.1, 0.15) is 39.0 Å². The smallest absolute Gasteiger partial charge is 0.224 e. The molecular weight excluding hydrogens is 286 g/mol. The fourth-order valence-corrected chi connectivity index (χ4v) is 3.03. The molecule has 2 N–H and O–H groups in total. The first-order valence-corrected chi connectivity index (χ1v) is 8.13. The van der Waals surface area contributed by atoms with Gasteiger partial charge in [0.15, 0.2) is 5.82 Å². The van der Waals surface area contributed by atoms with E-state index in [0.717, 1.165) is 25.3 Å². The van der Waals surface area contributed by atoms with Crippen molar-refractivity contribution in [2.45, 2.75) is 44.6 Å². The van der Waals surface area contributed by atoms with Crippen LogP contribution in [0.2, 0.25) is 5.02 Å². The van der Waals surface area contributed by atoms with Gasteiger partial charge in [0.1, 0.15) is 5.02 Å². The van der Waals surface area contributed by atoms with Crippen molar-refractivity contribution in [2.75, 3.05) is 37.8 Å². The summed E-state index contributed by atoms with van der Waals surface area (Å²) in [7, 11) is 4.31. The van der Waals surface area contributed by atoms with Crippen LogP contribution in [0.5, 0.6) is 0 Å². The summed E-state index contributed by atoms with van der Waals surface area (Å²) in [4.78, 5) is 11.0. The molecule has 0 spiro atoms. The molecule has 1 aliphatic carbocycles. The number of likely N-dealkylation sites (N-methyl/N-ethyl adjacent to an activating group) is 1. The molecule has 1 heterocycles. The maximum absolute atomic E-state index is 6.21. The highest BCUT2D eigenvalue weighted by Crippen LogP contribution is 2.34. The Morgan fingerprint density at radius 2 is 2.00 bits per heavy atom. The molecule has 5 nitrogen and oxygen atoms in total. The van der Waals surface area contributed by atoms with Gasteiger partial charge in [-0.25, -0.2) is 4.98 Å². The molecule has 0 amide bonds. The average Bonchev–Trinajstić information content (AvgIpc) is 2.95. The van der Waals surface area contributed by atoms with E-state index in [0.29, 0.717) is 11.0 Å². The fraction of sp³-hybridized carbons (Fsp3) is 0.733. The van der Waals surface area contributed by atoms with Gasteiger partial charge in [0, 0.05) is 18.6 Å². The molecule has 0 atom stereocenters. The normalized spacial score (nSPS) is 17.2. The van der Waals surface area contributed by atoms with E-state index < -0.39 is 0 Å². The quantitative estimate of drug-likeness (QED) is 0.809. The van der Waals surface area contributed by atoms with E-state index in [1.54, 1.807) is 6.20 Å². The zero-order valence-corrected chi connectivity index (χ0v) is 14.0. The van der Waals surface area contributed by atoms with Crippen molar-refractivity contribution in [1.29, 1.82) is 0 Å². The van der Waals surface area contributed by atoms with Crippen molar-refractivity contribution >= 4 is 23.4 Å². The van der Waals surface area contributed by atoms with E-state index in [9.17, 15) is 0 Å². The summed E-state index contributed by atoms with van der Waals surface area (Å²) in [6.07, 6.45) is 7.72. The highest BCUT2D eigenvalue weighted by atomic mass is 35.5. The van der Waals surface area contributed by atoms with E-state index >= 15 is 0 Å². The van der Waals surface area contributed by atoms with Crippen LogP contribution in [0.3, 0.4) is 0 Å². The maximum Gasteiger partial charge on any atom is 0.224 e. The Kier molecular flexibility index (Phi) is 5.65. The summed E-state index contributed by atoms with van der Waals surface area (Å²) >= 11 is 6.21. The second-order valence-electron chi connectivity index (χ2n) is 6.00. The highest BCUT2D eigenvalue weighted by Gasteiger charge is 2.35. The molecule has 1 saturated carbocycles. The summed E-state index contributed by atoms with van der Waals surface area (Å²) in [5, 5.41) is 7.19. The minimum atomic E-state index is 0.214. The first-order valence-electron chi connectivity index (χ1n) is 7.75. The molecule has 6 heteroatoms. The van der Waals surface area contributed by atoms with Gasteiger partial charge < -0.3 is 15.5 Å². The number of nitrogens with one attached hydrogen (secondary N) is 2. The van der Waals surface area contributed by atoms with Gasteiger partial charge in [-0.05, 0) is 33.4 Å². The standard InChI is InChI=1S/C15H26ClN5/c1-4-9-17-14-18-10-12(16)13(20-14)19-11-15(21(2)3)7-5-6-8-15/h10H,4-9,11H2,1-3H3,(H2,17,18,19,20). The van der Waals surface area contributed by atoms with E-state index in [4.69, 9.17) is 11.6 Å². The summed E-state index contributed by atoms with van der Waals surface area (Å²) in [5.74, 6) is 1.35. The van der Waals surface area contributed by atoms with Crippen molar-refractivity contribution in [3.63, 3.8) is 0 Å². The zero-order chi connectivity index (χ0) is 15.3. The lowest BCUT2D eigenvalue weighted by Crippen LogP contribution is -2.47. The van der Waals surface area contributed by atoms with Gasteiger partial charge in [0.25, 0.3) is 0 Å². The molecule has 1 aromatic rings. The van der Waals surface area contributed by atoms with Crippen LogP contribution < -0.4 is 10.6 Å². The molecule has 118 valence electrons. The predicted octanol–water partition coefficient (Wildman–Crippen LogP) is 3.24. The molecule has 1 fully saturated rings. The Bertz CT molecular complexity index is 457.